The van der Waals surface area contributed by atoms with Crippen LogP contribution in [0.5, 0.6) is 5.75 Å². The maximum absolute atomic E-state index is 10.1. The molecule has 1 atom stereocenters. The molecule has 0 aliphatic heterocycles. The summed E-state index contributed by atoms with van der Waals surface area (Å²) in [7, 11) is 0. The zero-order valence-corrected chi connectivity index (χ0v) is 12.4. The Hall–Kier alpha value is -1.06. The fourth-order valence-corrected chi connectivity index (χ4v) is 2.21. The van der Waals surface area contributed by atoms with Crippen molar-refractivity contribution in [1.82, 2.24) is 5.32 Å². The van der Waals surface area contributed by atoms with Crippen LogP contribution in [0.15, 0.2) is 30.3 Å². The molecule has 0 spiro atoms. The van der Waals surface area contributed by atoms with Gasteiger partial charge in [-0.1, -0.05) is 32.0 Å². The maximum Gasteiger partial charge on any atom is 0.119 e. The summed E-state index contributed by atoms with van der Waals surface area (Å²) in [6, 6.07) is 9.83. The number of aliphatic hydroxyl groups is 1. The first-order valence-electron chi connectivity index (χ1n) is 7.10. The lowest BCUT2D eigenvalue weighted by Gasteiger charge is -2.25. The maximum atomic E-state index is 10.1. The van der Waals surface area contributed by atoms with Crippen LogP contribution in [0.1, 0.15) is 33.6 Å². The number of hydrogen-bond acceptors (Lipinski definition) is 3. The molecule has 0 heterocycles. The van der Waals surface area contributed by atoms with Crippen molar-refractivity contribution >= 4 is 0 Å². The number of rotatable bonds is 9. The normalized spacial score (nSPS) is 14.4. The van der Waals surface area contributed by atoms with Crippen LogP contribution in [0.2, 0.25) is 0 Å². The number of hydrogen-bond donors (Lipinski definition) is 2. The smallest absolute Gasteiger partial charge is 0.119 e. The largest absolute Gasteiger partial charge is 0.494 e. The van der Waals surface area contributed by atoms with E-state index in [9.17, 15) is 5.11 Å². The highest BCUT2D eigenvalue weighted by atomic mass is 16.5. The predicted octanol–water partition coefficient (Wildman–Crippen LogP) is 2.84. The van der Waals surface area contributed by atoms with Crippen LogP contribution < -0.4 is 10.1 Å². The van der Waals surface area contributed by atoms with E-state index in [0.29, 0.717) is 19.1 Å². The molecule has 2 N–H and O–H groups in total. The Kier molecular flexibility index (Phi) is 6.89. The van der Waals surface area contributed by atoms with Crippen molar-refractivity contribution in [3.8, 4) is 5.75 Å². The van der Waals surface area contributed by atoms with Gasteiger partial charge in [0.05, 0.1) is 12.2 Å². The molecule has 19 heavy (non-hydrogen) atoms. The predicted molar refractivity (Wildman–Crippen MR) is 79.5 cm³/mol. The van der Waals surface area contributed by atoms with Crippen LogP contribution in [0, 0.1) is 5.92 Å². The van der Waals surface area contributed by atoms with Gasteiger partial charge in [-0.15, -0.1) is 0 Å². The third-order valence-corrected chi connectivity index (χ3v) is 2.86. The van der Waals surface area contributed by atoms with E-state index in [1.54, 1.807) is 0 Å². The number of para-hydroxylation sites is 1. The van der Waals surface area contributed by atoms with Gasteiger partial charge >= 0.3 is 0 Å². The van der Waals surface area contributed by atoms with Crippen LogP contribution in [-0.4, -0.2) is 30.4 Å². The highest BCUT2D eigenvalue weighted by Gasteiger charge is 2.20. The Labute approximate surface area is 117 Å². The molecular formula is C16H27NO2. The van der Waals surface area contributed by atoms with Crippen LogP contribution in [0.4, 0.5) is 0 Å². The first-order chi connectivity index (χ1) is 8.99. The lowest BCUT2D eigenvalue weighted by atomic mass is 9.94. The van der Waals surface area contributed by atoms with Gasteiger partial charge in [-0.25, -0.2) is 0 Å². The molecule has 0 radical (unpaired) electrons. The van der Waals surface area contributed by atoms with Crippen molar-refractivity contribution in [2.75, 3.05) is 19.7 Å². The SMILES string of the molecule is CC(C)CC(C)(O)CNCCCOc1ccccc1. The summed E-state index contributed by atoms with van der Waals surface area (Å²) in [4.78, 5) is 0. The van der Waals surface area contributed by atoms with Crippen LogP contribution in [0.3, 0.4) is 0 Å². The minimum atomic E-state index is -0.617. The van der Waals surface area contributed by atoms with Crippen molar-refractivity contribution in [2.45, 2.75) is 39.2 Å². The second kappa shape index (κ2) is 8.18. The van der Waals surface area contributed by atoms with Gasteiger partial charge in [0, 0.05) is 6.54 Å². The molecule has 1 rings (SSSR count). The molecule has 0 aliphatic carbocycles. The number of nitrogens with one attached hydrogen (secondary N) is 1. The number of ether oxygens (including phenoxy) is 1. The molecule has 0 saturated carbocycles. The van der Waals surface area contributed by atoms with Crippen LogP contribution >= 0.6 is 0 Å². The quantitative estimate of drug-likeness (QED) is 0.675. The average molecular weight is 265 g/mol. The molecule has 1 aromatic rings. The summed E-state index contributed by atoms with van der Waals surface area (Å²) < 4.78 is 5.60. The van der Waals surface area contributed by atoms with Gasteiger partial charge in [0.25, 0.3) is 0 Å². The van der Waals surface area contributed by atoms with Gasteiger partial charge in [-0.05, 0) is 44.4 Å². The molecule has 0 bridgehead atoms. The highest BCUT2D eigenvalue weighted by molar-refractivity contribution is 5.20. The molecule has 1 unspecified atom stereocenters. The van der Waals surface area contributed by atoms with Crippen LogP contribution in [0.25, 0.3) is 0 Å². The Morgan fingerprint density at radius 2 is 1.95 bits per heavy atom. The fourth-order valence-electron chi connectivity index (χ4n) is 2.21. The van der Waals surface area contributed by atoms with Crippen molar-refractivity contribution < 1.29 is 9.84 Å². The molecule has 0 aliphatic rings. The molecule has 0 amide bonds. The summed E-state index contributed by atoms with van der Waals surface area (Å²) in [5.41, 5.74) is -0.617. The lowest BCUT2D eigenvalue weighted by Crippen LogP contribution is -2.39. The monoisotopic (exact) mass is 265 g/mol. The Morgan fingerprint density at radius 3 is 2.58 bits per heavy atom. The van der Waals surface area contributed by atoms with Gasteiger partial charge in [-0.2, -0.15) is 0 Å². The van der Waals surface area contributed by atoms with Gasteiger partial charge < -0.3 is 15.2 Å². The fraction of sp³-hybridized carbons (Fsp3) is 0.625. The second-order valence-electron chi connectivity index (χ2n) is 5.79. The van der Waals surface area contributed by atoms with Crippen molar-refractivity contribution in [2.24, 2.45) is 5.92 Å². The van der Waals surface area contributed by atoms with Crippen molar-refractivity contribution in [3.05, 3.63) is 30.3 Å². The van der Waals surface area contributed by atoms with E-state index in [1.165, 1.54) is 0 Å². The summed E-state index contributed by atoms with van der Waals surface area (Å²) >= 11 is 0. The Balaban J connectivity index is 2.05. The van der Waals surface area contributed by atoms with E-state index in [4.69, 9.17) is 4.74 Å². The molecule has 1 aromatic carbocycles. The molecular weight excluding hydrogens is 238 g/mol. The van der Waals surface area contributed by atoms with Crippen molar-refractivity contribution in [1.29, 1.82) is 0 Å². The van der Waals surface area contributed by atoms with E-state index in [2.05, 4.69) is 19.2 Å². The molecule has 3 nitrogen and oxygen atoms in total. The zero-order chi connectivity index (χ0) is 14.1. The van der Waals surface area contributed by atoms with Gasteiger partial charge in [0.2, 0.25) is 0 Å². The van der Waals surface area contributed by atoms with E-state index in [-0.39, 0.29) is 0 Å². The molecule has 3 heteroatoms. The number of benzene rings is 1. The summed E-state index contributed by atoms with van der Waals surface area (Å²) in [6.45, 7) is 8.34. The summed E-state index contributed by atoms with van der Waals surface area (Å²) in [5, 5.41) is 13.4. The standard InChI is InChI=1S/C16H27NO2/c1-14(2)12-16(3,18)13-17-10-7-11-19-15-8-5-4-6-9-15/h4-6,8-9,14,17-18H,7,10-13H2,1-3H3. The first kappa shape index (κ1) is 16.0. The van der Waals surface area contributed by atoms with Crippen molar-refractivity contribution in [3.63, 3.8) is 0 Å². The van der Waals surface area contributed by atoms with E-state index >= 15 is 0 Å². The Morgan fingerprint density at radius 1 is 1.26 bits per heavy atom. The lowest BCUT2D eigenvalue weighted by molar-refractivity contribution is 0.0385. The molecule has 0 aromatic heterocycles. The van der Waals surface area contributed by atoms with E-state index in [0.717, 1.165) is 25.1 Å². The van der Waals surface area contributed by atoms with Gasteiger partial charge in [0.15, 0.2) is 0 Å². The minimum absolute atomic E-state index is 0.512. The Bertz CT molecular complexity index is 336. The zero-order valence-electron chi connectivity index (χ0n) is 12.4. The average Bonchev–Trinajstić information content (AvgIpc) is 2.33. The summed E-state index contributed by atoms with van der Waals surface area (Å²) in [5.74, 6) is 1.42. The minimum Gasteiger partial charge on any atom is -0.494 e. The van der Waals surface area contributed by atoms with Crippen LogP contribution in [-0.2, 0) is 0 Å². The topological polar surface area (TPSA) is 41.5 Å². The first-order valence-corrected chi connectivity index (χ1v) is 7.10. The molecule has 108 valence electrons. The molecule has 0 saturated heterocycles. The second-order valence-corrected chi connectivity index (χ2v) is 5.79. The third kappa shape index (κ3) is 7.85. The van der Waals surface area contributed by atoms with Gasteiger partial charge in [-0.3, -0.25) is 0 Å². The van der Waals surface area contributed by atoms with E-state index in [1.807, 2.05) is 37.3 Å². The van der Waals surface area contributed by atoms with E-state index < -0.39 is 5.60 Å². The third-order valence-electron chi connectivity index (χ3n) is 2.86. The highest BCUT2D eigenvalue weighted by Crippen LogP contribution is 2.15. The summed E-state index contributed by atoms with van der Waals surface area (Å²) in [6.07, 6.45) is 1.76. The van der Waals surface area contributed by atoms with Gasteiger partial charge in [0.1, 0.15) is 5.75 Å². The molecule has 0 fully saturated rings.